The maximum Gasteiger partial charge on any atom is 0.161 e. The minimum Gasteiger partial charge on any atom is -0.493 e. The number of aromatic nitrogens is 3. The highest BCUT2D eigenvalue weighted by atomic mass is 16.5. The number of hydrogen-bond donors (Lipinski definition) is 1. The maximum atomic E-state index is 5.28. The summed E-state index contributed by atoms with van der Waals surface area (Å²) in [5.74, 6) is 2.47. The Labute approximate surface area is 118 Å². The third kappa shape index (κ3) is 3.48. The molecule has 2 aromatic rings. The van der Waals surface area contributed by atoms with Crippen LogP contribution in [0.25, 0.3) is 0 Å². The van der Waals surface area contributed by atoms with Crippen molar-refractivity contribution >= 4 is 0 Å². The summed E-state index contributed by atoms with van der Waals surface area (Å²) in [7, 11) is 5.23. The van der Waals surface area contributed by atoms with Crippen LogP contribution in [-0.2, 0) is 20.0 Å². The van der Waals surface area contributed by atoms with Crippen LogP contribution in [0.4, 0.5) is 0 Å². The Bertz CT molecular complexity index is 554. The molecule has 2 rings (SSSR count). The predicted octanol–water partition coefficient (Wildman–Crippen LogP) is 1.16. The van der Waals surface area contributed by atoms with Crippen molar-refractivity contribution in [2.45, 2.75) is 13.0 Å². The number of hydrogen-bond acceptors (Lipinski definition) is 5. The maximum absolute atomic E-state index is 5.28. The van der Waals surface area contributed by atoms with Gasteiger partial charge in [0.05, 0.1) is 14.2 Å². The van der Waals surface area contributed by atoms with Crippen molar-refractivity contribution in [3.63, 3.8) is 0 Å². The second-order valence-electron chi connectivity index (χ2n) is 4.47. The van der Waals surface area contributed by atoms with Gasteiger partial charge in [0.25, 0.3) is 0 Å². The largest absolute Gasteiger partial charge is 0.493 e. The van der Waals surface area contributed by atoms with Gasteiger partial charge in [0.2, 0.25) is 0 Å². The van der Waals surface area contributed by atoms with E-state index in [-0.39, 0.29) is 0 Å². The van der Waals surface area contributed by atoms with Gasteiger partial charge in [0, 0.05) is 26.6 Å². The van der Waals surface area contributed by atoms with Crippen molar-refractivity contribution in [2.75, 3.05) is 20.8 Å². The third-order valence-corrected chi connectivity index (χ3v) is 3.11. The average Bonchev–Trinajstić information content (AvgIpc) is 2.88. The lowest BCUT2D eigenvalue weighted by Gasteiger charge is -2.10. The van der Waals surface area contributed by atoms with Gasteiger partial charge in [0.1, 0.15) is 12.2 Å². The van der Waals surface area contributed by atoms with Crippen LogP contribution in [0.1, 0.15) is 11.4 Å². The van der Waals surface area contributed by atoms with Gasteiger partial charge in [-0.3, -0.25) is 0 Å². The molecule has 20 heavy (non-hydrogen) atoms. The molecule has 0 fully saturated rings. The highest BCUT2D eigenvalue weighted by molar-refractivity contribution is 5.42. The summed E-state index contributed by atoms with van der Waals surface area (Å²) in [5, 5.41) is 11.3. The van der Waals surface area contributed by atoms with E-state index in [4.69, 9.17) is 9.47 Å². The van der Waals surface area contributed by atoms with Gasteiger partial charge in [-0.2, -0.15) is 0 Å². The molecule has 0 saturated heterocycles. The minimum atomic E-state index is 0.746. The first kappa shape index (κ1) is 14.3. The van der Waals surface area contributed by atoms with Crippen LogP contribution in [0.2, 0.25) is 0 Å². The third-order valence-electron chi connectivity index (χ3n) is 3.11. The van der Waals surface area contributed by atoms with Gasteiger partial charge >= 0.3 is 0 Å². The minimum absolute atomic E-state index is 0.746. The molecule has 0 bridgehead atoms. The van der Waals surface area contributed by atoms with E-state index in [1.54, 1.807) is 20.5 Å². The molecule has 1 N–H and O–H groups in total. The van der Waals surface area contributed by atoms with Crippen molar-refractivity contribution in [3.05, 3.63) is 35.9 Å². The zero-order chi connectivity index (χ0) is 14.4. The molecule has 0 radical (unpaired) electrons. The molecule has 0 aliphatic heterocycles. The number of methoxy groups -OCH3 is 2. The highest BCUT2D eigenvalue weighted by Gasteiger charge is 2.04. The lowest BCUT2D eigenvalue weighted by atomic mass is 10.2. The first-order valence-corrected chi connectivity index (χ1v) is 6.49. The second-order valence-corrected chi connectivity index (χ2v) is 4.47. The molecule has 0 unspecified atom stereocenters. The molecule has 108 valence electrons. The van der Waals surface area contributed by atoms with Crippen molar-refractivity contribution in [1.29, 1.82) is 0 Å². The van der Waals surface area contributed by atoms with Gasteiger partial charge in [-0.15, -0.1) is 10.2 Å². The second kappa shape index (κ2) is 6.91. The summed E-state index contributed by atoms with van der Waals surface area (Å²) < 4.78 is 12.4. The van der Waals surface area contributed by atoms with Gasteiger partial charge in [-0.05, 0) is 17.7 Å². The van der Waals surface area contributed by atoms with Gasteiger partial charge < -0.3 is 19.4 Å². The first-order valence-electron chi connectivity index (χ1n) is 6.49. The summed E-state index contributed by atoms with van der Waals surface area (Å²) >= 11 is 0. The van der Waals surface area contributed by atoms with Crippen LogP contribution in [0, 0.1) is 0 Å². The molecule has 6 nitrogen and oxygen atoms in total. The van der Waals surface area contributed by atoms with E-state index in [1.807, 2.05) is 29.8 Å². The Morgan fingerprint density at radius 3 is 2.65 bits per heavy atom. The van der Waals surface area contributed by atoms with Crippen molar-refractivity contribution in [3.8, 4) is 11.5 Å². The van der Waals surface area contributed by atoms with Gasteiger partial charge in [-0.25, -0.2) is 0 Å². The molecule has 0 saturated carbocycles. The SMILES string of the molecule is COc1ccc(CNCCc2nncn2C)cc1OC. The number of nitrogens with one attached hydrogen (secondary N) is 1. The van der Waals surface area contributed by atoms with E-state index in [1.165, 1.54) is 0 Å². The number of rotatable bonds is 7. The van der Waals surface area contributed by atoms with Crippen molar-refractivity contribution < 1.29 is 9.47 Å². The van der Waals surface area contributed by atoms with Crippen LogP contribution in [0.5, 0.6) is 11.5 Å². The number of benzene rings is 1. The molecule has 0 aliphatic rings. The first-order chi connectivity index (χ1) is 9.74. The van der Waals surface area contributed by atoms with Crippen LogP contribution < -0.4 is 14.8 Å². The molecule has 1 heterocycles. The molecular formula is C14H20N4O2. The summed E-state index contributed by atoms with van der Waals surface area (Å²) in [5.41, 5.74) is 1.15. The van der Waals surface area contributed by atoms with E-state index in [0.717, 1.165) is 42.4 Å². The zero-order valence-corrected chi connectivity index (χ0v) is 12.1. The van der Waals surface area contributed by atoms with E-state index >= 15 is 0 Å². The summed E-state index contributed by atoms with van der Waals surface area (Å²) in [6.07, 6.45) is 2.56. The van der Waals surface area contributed by atoms with Crippen molar-refractivity contribution in [2.24, 2.45) is 7.05 Å². The standard InChI is InChI=1S/C14H20N4O2/c1-18-10-16-17-14(18)6-7-15-9-11-4-5-12(19-2)13(8-11)20-3/h4-5,8,10,15H,6-7,9H2,1-3H3. The molecule has 0 amide bonds. The number of ether oxygens (including phenoxy) is 2. The van der Waals surface area contributed by atoms with Crippen LogP contribution >= 0.6 is 0 Å². The Morgan fingerprint density at radius 1 is 1.20 bits per heavy atom. The summed E-state index contributed by atoms with van der Waals surface area (Å²) in [6, 6.07) is 5.92. The Kier molecular flexibility index (Phi) is 4.95. The quantitative estimate of drug-likeness (QED) is 0.769. The highest BCUT2D eigenvalue weighted by Crippen LogP contribution is 2.27. The smallest absolute Gasteiger partial charge is 0.161 e. The molecule has 1 aromatic heterocycles. The fourth-order valence-electron chi connectivity index (χ4n) is 1.96. The molecule has 0 aliphatic carbocycles. The van der Waals surface area contributed by atoms with Gasteiger partial charge in [-0.1, -0.05) is 6.07 Å². The average molecular weight is 276 g/mol. The van der Waals surface area contributed by atoms with E-state index < -0.39 is 0 Å². The summed E-state index contributed by atoms with van der Waals surface area (Å²) in [4.78, 5) is 0. The lowest BCUT2D eigenvalue weighted by Crippen LogP contribution is -2.18. The molecule has 6 heteroatoms. The van der Waals surface area contributed by atoms with E-state index in [0.29, 0.717) is 0 Å². The predicted molar refractivity (Wildman–Crippen MR) is 76.0 cm³/mol. The molecular weight excluding hydrogens is 256 g/mol. The number of aryl methyl sites for hydroxylation is 1. The lowest BCUT2D eigenvalue weighted by molar-refractivity contribution is 0.354. The van der Waals surface area contributed by atoms with Crippen molar-refractivity contribution in [1.82, 2.24) is 20.1 Å². The fraction of sp³-hybridized carbons (Fsp3) is 0.429. The van der Waals surface area contributed by atoms with Gasteiger partial charge in [0.15, 0.2) is 11.5 Å². The normalized spacial score (nSPS) is 10.6. The molecule has 0 atom stereocenters. The molecule has 0 spiro atoms. The number of nitrogens with zero attached hydrogens (tertiary/aromatic N) is 3. The monoisotopic (exact) mass is 276 g/mol. The molecule has 1 aromatic carbocycles. The Hall–Kier alpha value is -2.08. The van der Waals surface area contributed by atoms with Crippen LogP contribution in [-0.4, -0.2) is 35.5 Å². The summed E-state index contributed by atoms with van der Waals surface area (Å²) in [6.45, 7) is 1.62. The van der Waals surface area contributed by atoms with Crippen LogP contribution in [0.15, 0.2) is 24.5 Å². The van der Waals surface area contributed by atoms with Crippen LogP contribution in [0.3, 0.4) is 0 Å². The van der Waals surface area contributed by atoms with E-state index in [9.17, 15) is 0 Å². The zero-order valence-electron chi connectivity index (χ0n) is 12.1. The Balaban J connectivity index is 1.83. The topological polar surface area (TPSA) is 61.2 Å². The fourth-order valence-corrected chi connectivity index (χ4v) is 1.96. The Morgan fingerprint density at radius 2 is 2.00 bits per heavy atom. The van der Waals surface area contributed by atoms with E-state index in [2.05, 4.69) is 15.5 Å².